The average Bonchev–Trinajstić information content (AvgIpc) is 2.81. The summed E-state index contributed by atoms with van der Waals surface area (Å²) in [6, 6.07) is 0. The minimum Gasteiger partial charge on any atom is -0.393 e. The lowest BCUT2D eigenvalue weighted by Crippen LogP contribution is -2.38. The molecule has 0 radical (unpaired) electrons. The Labute approximate surface area is 103 Å². The van der Waals surface area contributed by atoms with Gasteiger partial charge in [0.05, 0.1) is 19.5 Å². The molecule has 2 heterocycles. The van der Waals surface area contributed by atoms with Crippen molar-refractivity contribution < 1.29 is 15.3 Å². The fourth-order valence-electron chi connectivity index (χ4n) is 1.60. The molecule has 0 aliphatic rings. The monoisotopic (exact) mass is 253 g/mol. The van der Waals surface area contributed by atoms with Crippen molar-refractivity contribution in [3.63, 3.8) is 0 Å². The molecule has 5 N–H and O–H groups in total. The van der Waals surface area contributed by atoms with Gasteiger partial charge < -0.3 is 25.6 Å². The Hall–Kier alpha value is -1.77. The van der Waals surface area contributed by atoms with Crippen LogP contribution in [0.15, 0.2) is 12.7 Å². The standard InChI is InChI=1S/C10H15N5O3/c11-8-7-9(13-5-12-8)15(6-14-7)2-1-10(18,3-16)4-17/h5-6,16-18H,1-4H2,(H2,11,12,13). The van der Waals surface area contributed by atoms with E-state index >= 15 is 0 Å². The Balaban J connectivity index is 2.20. The van der Waals surface area contributed by atoms with Crippen molar-refractivity contribution in [2.45, 2.75) is 18.6 Å². The van der Waals surface area contributed by atoms with Gasteiger partial charge >= 0.3 is 0 Å². The van der Waals surface area contributed by atoms with Crippen LogP contribution >= 0.6 is 0 Å². The van der Waals surface area contributed by atoms with E-state index in [2.05, 4.69) is 15.0 Å². The van der Waals surface area contributed by atoms with Crippen LogP contribution in [-0.4, -0.2) is 53.7 Å². The highest BCUT2D eigenvalue weighted by molar-refractivity contribution is 5.80. The summed E-state index contributed by atoms with van der Waals surface area (Å²) in [5, 5.41) is 27.7. The van der Waals surface area contributed by atoms with Gasteiger partial charge in [0, 0.05) is 6.54 Å². The van der Waals surface area contributed by atoms with Gasteiger partial charge in [-0.1, -0.05) is 0 Å². The lowest BCUT2D eigenvalue weighted by Gasteiger charge is -2.23. The number of hydrogen-bond donors (Lipinski definition) is 4. The molecule has 0 aromatic carbocycles. The van der Waals surface area contributed by atoms with Gasteiger partial charge in [0.1, 0.15) is 17.4 Å². The Morgan fingerprint density at radius 1 is 1.22 bits per heavy atom. The summed E-state index contributed by atoms with van der Waals surface area (Å²) in [4.78, 5) is 12.0. The molecule has 0 spiro atoms. The first kappa shape index (κ1) is 12.7. The largest absolute Gasteiger partial charge is 0.393 e. The van der Waals surface area contributed by atoms with Gasteiger partial charge in [-0.25, -0.2) is 15.0 Å². The van der Waals surface area contributed by atoms with Crippen LogP contribution < -0.4 is 5.73 Å². The first-order valence-electron chi connectivity index (χ1n) is 5.45. The minimum absolute atomic E-state index is 0.176. The van der Waals surface area contributed by atoms with E-state index in [4.69, 9.17) is 15.9 Å². The smallest absolute Gasteiger partial charge is 0.165 e. The van der Waals surface area contributed by atoms with Crippen LogP contribution in [0.4, 0.5) is 5.82 Å². The van der Waals surface area contributed by atoms with Gasteiger partial charge in [-0.3, -0.25) is 0 Å². The summed E-state index contributed by atoms with van der Waals surface area (Å²) < 4.78 is 1.68. The molecule has 0 bridgehead atoms. The molecule has 8 heteroatoms. The van der Waals surface area contributed by atoms with Crippen molar-refractivity contribution in [2.24, 2.45) is 0 Å². The van der Waals surface area contributed by atoms with E-state index < -0.39 is 18.8 Å². The van der Waals surface area contributed by atoms with Crippen molar-refractivity contribution in [3.8, 4) is 0 Å². The van der Waals surface area contributed by atoms with Gasteiger partial charge in [0.2, 0.25) is 0 Å². The molecular weight excluding hydrogens is 238 g/mol. The van der Waals surface area contributed by atoms with Crippen LogP contribution in [0, 0.1) is 0 Å². The first-order valence-corrected chi connectivity index (χ1v) is 5.45. The number of aromatic nitrogens is 4. The molecule has 8 nitrogen and oxygen atoms in total. The summed E-state index contributed by atoms with van der Waals surface area (Å²) >= 11 is 0. The molecular formula is C10H15N5O3. The van der Waals surface area contributed by atoms with Gasteiger partial charge in [-0.05, 0) is 6.42 Å². The molecule has 2 aromatic heterocycles. The number of anilines is 1. The number of rotatable bonds is 5. The van der Waals surface area contributed by atoms with E-state index in [-0.39, 0.29) is 6.42 Å². The van der Waals surface area contributed by atoms with Gasteiger partial charge in [-0.2, -0.15) is 0 Å². The summed E-state index contributed by atoms with van der Waals surface area (Å²) in [7, 11) is 0. The SMILES string of the molecule is Nc1ncnc2c1ncn2CCC(O)(CO)CO. The van der Waals surface area contributed by atoms with Crippen molar-refractivity contribution in [2.75, 3.05) is 18.9 Å². The number of fused-ring (bicyclic) bond motifs is 1. The first-order chi connectivity index (χ1) is 8.59. The Kier molecular flexibility index (Phi) is 3.41. The molecule has 98 valence electrons. The molecule has 0 fully saturated rings. The van der Waals surface area contributed by atoms with E-state index in [1.807, 2.05) is 0 Å². The predicted molar refractivity (Wildman–Crippen MR) is 63.5 cm³/mol. The van der Waals surface area contributed by atoms with E-state index in [0.29, 0.717) is 23.5 Å². The summed E-state index contributed by atoms with van der Waals surface area (Å²) in [6.45, 7) is -0.662. The van der Waals surface area contributed by atoms with Crippen molar-refractivity contribution in [3.05, 3.63) is 12.7 Å². The van der Waals surface area contributed by atoms with Crippen LogP contribution in [0.5, 0.6) is 0 Å². The summed E-state index contributed by atoms with van der Waals surface area (Å²) in [5.41, 5.74) is 5.19. The number of hydrogen-bond acceptors (Lipinski definition) is 7. The van der Waals surface area contributed by atoms with Gasteiger partial charge in [-0.15, -0.1) is 0 Å². The number of nitrogen functional groups attached to an aromatic ring is 1. The fourth-order valence-corrected chi connectivity index (χ4v) is 1.60. The number of aliphatic hydroxyl groups excluding tert-OH is 2. The second-order valence-electron chi connectivity index (χ2n) is 4.16. The number of nitrogens with two attached hydrogens (primary N) is 1. The van der Waals surface area contributed by atoms with Crippen LogP contribution in [-0.2, 0) is 6.54 Å². The summed E-state index contributed by atoms with van der Waals surface area (Å²) in [5.74, 6) is 0.290. The molecule has 2 aromatic rings. The third-order valence-electron chi connectivity index (χ3n) is 2.84. The number of nitrogens with zero attached hydrogens (tertiary/aromatic N) is 4. The Bertz CT molecular complexity index is 537. The fraction of sp³-hybridized carbons (Fsp3) is 0.500. The molecule has 2 rings (SSSR count). The van der Waals surface area contributed by atoms with E-state index in [0.717, 1.165) is 0 Å². The molecule has 0 aliphatic heterocycles. The highest BCUT2D eigenvalue weighted by Crippen LogP contribution is 2.16. The lowest BCUT2D eigenvalue weighted by molar-refractivity contribution is -0.0624. The third kappa shape index (κ3) is 2.26. The molecule has 0 unspecified atom stereocenters. The quantitative estimate of drug-likeness (QED) is 0.511. The molecule has 0 saturated heterocycles. The third-order valence-corrected chi connectivity index (χ3v) is 2.84. The Morgan fingerprint density at radius 2 is 1.94 bits per heavy atom. The molecule has 0 amide bonds. The maximum absolute atomic E-state index is 9.76. The summed E-state index contributed by atoms with van der Waals surface area (Å²) in [6.07, 6.45) is 3.04. The van der Waals surface area contributed by atoms with Crippen LogP contribution in [0.25, 0.3) is 11.2 Å². The van der Waals surface area contributed by atoms with Gasteiger partial charge in [0.15, 0.2) is 11.5 Å². The molecule has 0 saturated carbocycles. The topological polar surface area (TPSA) is 130 Å². The molecule has 0 atom stereocenters. The molecule has 0 aliphatic carbocycles. The maximum atomic E-state index is 9.76. The van der Waals surface area contributed by atoms with E-state index in [1.54, 1.807) is 4.57 Å². The minimum atomic E-state index is -1.50. The van der Waals surface area contributed by atoms with E-state index in [1.165, 1.54) is 12.7 Å². The van der Waals surface area contributed by atoms with Crippen LogP contribution in [0.3, 0.4) is 0 Å². The zero-order valence-electron chi connectivity index (χ0n) is 9.69. The van der Waals surface area contributed by atoms with Crippen molar-refractivity contribution in [1.29, 1.82) is 0 Å². The number of imidazole rings is 1. The lowest BCUT2D eigenvalue weighted by atomic mass is 10.0. The zero-order valence-corrected chi connectivity index (χ0v) is 9.69. The predicted octanol–water partition coefficient (Wildman–Crippen LogP) is -1.49. The number of aryl methyl sites for hydroxylation is 1. The van der Waals surface area contributed by atoms with Crippen LogP contribution in [0.2, 0.25) is 0 Å². The van der Waals surface area contributed by atoms with Crippen molar-refractivity contribution >= 4 is 17.0 Å². The number of aliphatic hydroxyl groups is 3. The highest BCUT2D eigenvalue weighted by atomic mass is 16.4. The second-order valence-corrected chi connectivity index (χ2v) is 4.16. The highest BCUT2D eigenvalue weighted by Gasteiger charge is 2.25. The van der Waals surface area contributed by atoms with Gasteiger partial charge in [0.25, 0.3) is 0 Å². The second kappa shape index (κ2) is 4.84. The van der Waals surface area contributed by atoms with E-state index in [9.17, 15) is 5.11 Å². The molecule has 18 heavy (non-hydrogen) atoms. The normalized spacial score (nSPS) is 12.2. The van der Waals surface area contributed by atoms with Crippen molar-refractivity contribution in [1.82, 2.24) is 19.5 Å². The Morgan fingerprint density at radius 3 is 2.61 bits per heavy atom. The van der Waals surface area contributed by atoms with Crippen LogP contribution in [0.1, 0.15) is 6.42 Å². The zero-order chi connectivity index (χ0) is 13.2. The maximum Gasteiger partial charge on any atom is 0.165 e. The average molecular weight is 253 g/mol.